The fourth-order valence-electron chi connectivity index (χ4n) is 2.88. The summed E-state index contributed by atoms with van der Waals surface area (Å²) in [7, 11) is -2.38. The summed E-state index contributed by atoms with van der Waals surface area (Å²) < 4.78 is 32.0. The normalized spacial score (nSPS) is 11.2. The summed E-state index contributed by atoms with van der Waals surface area (Å²) in [6.45, 7) is 6.09. The first-order valence-corrected chi connectivity index (χ1v) is 11.1. The predicted octanol–water partition coefficient (Wildman–Crippen LogP) is 2.36. The number of nitrogens with one attached hydrogen (secondary N) is 2. The largest absolute Gasteiger partial charge is 0.496 e. The summed E-state index contributed by atoms with van der Waals surface area (Å²) in [5.74, 6) is -0.994. The molecule has 0 heterocycles. The highest BCUT2D eigenvalue weighted by Gasteiger charge is 2.24. The fraction of sp³-hybridized carbons (Fsp3) is 0.333. The smallest absolute Gasteiger partial charge is 0.273 e. The minimum absolute atomic E-state index is 0.00707. The SMILES string of the molecule is CCc1ccc(C(=O)NNC(=O)c2cc(S(=O)(=O)N(CC)CC)ccc2OC)cc1. The number of rotatable bonds is 8. The summed E-state index contributed by atoms with van der Waals surface area (Å²) in [6, 6.07) is 11.0. The van der Waals surface area contributed by atoms with Crippen LogP contribution in [0, 0.1) is 0 Å². The average molecular weight is 434 g/mol. The van der Waals surface area contributed by atoms with Gasteiger partial charge in [0.2, 0.25) is 10.0 Å². The molecule has 9 heteroatoms. The van der Waals surface area contributed by atoms with E-state index in [0.29, 0.717) is 18.7 Å². The quantitative estimate of drug-likeness (QED) is 0.622. The molecule has 0 aromatic heterocycles. The van der Waals surface area contributed by atoms with E-state index in [0.717, 1.165) is 12.0 Å². The van der Waals surface area contributed by atoms with Crippen LogP contribution < -0.4 is 15.6 Å². The molecule has 2 N–H and O–H groups in total. The fourth-order valence-corrected chi connectivity index (χ4v) is 4.37. The van der Waals surface area contributed by atoms with E-state index >= 15 is 0 Å². The lowest BCUT2D eigenvalue weighted by Crippen LogP contribution is -2.41. The number of hydrogen-bond donors (Lipinski definition) is 2. The van der Waals surface area contributed by atoms with Crippen molar-refractivity contribution in [2.45, 2.75) is 32.1 Å². The zero-order chi connectivity index (χ0) is 22.3. The Bertz CT molecular complexity index is 1000. The Balaban J connectivity index is 2.22. The molecule has 30 heavy (non-hydrogen) atoms. The summed E-state index contributed by atoms with van der Waals surface area (Å²) in [4.78, 5) is 24.9. The third-order valence-electron chi connectivity index (χ3n) is 4.67. The molecule has 2 rings (SSSR count). The van der Waals surface area contributed by atoms with Crippen molar-refractivity contribution >= 4 is 21.8 Å². The maximum Gasteiger partial charge on any atom is 0.273 e. The second-order valence-corrected chi connectivity index (χ2v) is 8.35. The third kappa shape index (κ3) is 5.17. The maximum absolute atomic E-state index is 12.8. The summed E-state index contributed by atoms with van der Waals surface area (Å²) in [6.07, 6.45) is 0.852. The van der Waals surface area contributed by atoms with E-state index in [1.54, 1.807) is 26.0 Å². The van der Waals surface area contributed by atoms with Gasteiger partial charge in [0.25, 0.3) is 11.8 Å². The van der Waals surface area contributed by atoms with Gasteiger partial charge in [0.15, 0.2) is 0 Å². The summed E-state index contributed by atoms with van der Waals surface area (Å²) in [5.41, 5.74) is 6.11. The highest BCUT2D eigenvalue weighted by molar-refractivity contribution is 7.89. The summed E-state index contributed by atoms with van der Waals surface area (Å²) >= 11 is 0. The van der Waals surface area contributed by atoms with Gasteiger partial charge in [-0.1, -0.05) is 32.9 Å². The Morgan fingerprint density at radius 2 is 1.53 bits per heavy atom. The van der Waals surface area contributed by atoms with E-state index < -0.39 is 21.8 Å². The Labute approximate surface area is 177 Å². The molecule has 0 saturated carbocycles. The van der Waals surface area contributed by atoms with Crippen LogP contribution >= 0.6 is 0 Å². The first-order valence-electron chi connectivity index (χ1n) is 9.66. The number of hydrogen-bond acceptors (Lipinski definition) is 5. The van der Waals surface area contributed by atoms with Gasteiger partial charge in [-0.2, -0.15) is 4.31 Å². The van der Waals surface area contributed by atoms with Crippen molar-refractivity contribution in [3.05, 3.63) is 59.2 Å². The average Bonchev–Trinajstić information content (AvgIpc) is 2.77. The molecule has 0 unspecified atom stereocenters. The van der Waals surface area contributed by atoms with Gasteiger partial charge < -0.3 is 4.74 Å². The number of ether oxygens (including phenoxy) is 1. The van der Waals surface area contributed by atoms with Gasteiger partial charge >= 0.3 is 0 Å². The molecule has 0 saturated heterocycles. The zero-order valence-corrected chi connectivity index (χ0v) is 18.4. The molecule has 2 amide bonds. The van der Waals surface area contributed by atoms with E-state index in [1.807, 2.05) is 19.1 Å². The standard InChI is InChI=1S/C21H27N3O5S/c1-5-15-8-10-16(11-9-15)20(25)22-23-21(26)18-14-17(12-13-19(18)29-4)30(27,28)24(6-2)7-3/h8-14H,5-7H2,1-4H3,(H,22,25)(H,23,26). The lowest BCUT2D eigenvalue weighted by molar-refractivity contribution is 0.0844. The van der Waals surface area contributed by atoms with Gasteiger partial charge in [-0.05, 0) is 42.3 Å². The molecule has 0 spiro atoms. The molecule has 2 aromatic carbocycles. The first kappa shape index (κ1) is 23.4. The second kappa shape index (κ2) is 10.2. The van der Waals surface area contributed by atoms with Crippen LogP contribution in [0.1, 0.15) is 47.1 Å². The number of amides is 2. The van der Waals surface area contributed by atoms with E-state index in [2.05, 4.69) is 10.9 Å². The topological polar surface area (TPSA) is 105 Å². The van der Waals surface area contributed by atoms with Gasteiger partial charge in [0, 0.05) is 18.7 Å². The molecule has 0 fully saturated rings. The van der Waals surface area contributed by atoms with Crippen molar-refractivity contribution in [3.63, 3.8) is 0 Å². The Hall–Kier alpha value is -2.91. The number of sulfonamides is 1. The van der Waals surface area contributed by atoms with Gasteiger partial charge in [-0.3, -0.25) is 20.4 Å². The number of benzene rings is 2. The van der Waals surface area contributed by atoms with Crippen molar-refractivity contribution < 1.29 is 22.7 Å². The number of nitrogens with zero attached hydrogens (tertiary/aromatic N) is 1. The number of methoxy groups -OCH3 is 1. The van der Waals surface area contributed by atoms with Gasteiger partial charge in [0.1, 0.15) is 5.75 Å². The number of aryl methyl sites for hydroxylation is 1. The van der Waals surface area contributed by atoms with E-state index in [1.165, 1.54) is 29.6 Å². The second-order valence-electron chi connectivity index (χ2n) is 6.41. The predicted molar refractivity (Wildman–Crippen MR) is 114 cm³/mol. The van der Waals surface area contributed by atoms with Crippen LogP contribution in [0.2, 0.25) is 0 Å². The third-order valence-corrected chi connectivity index (χ3v) is 6.72. The van der Waals surface area contributed by atoms with Gasteiger partial charge in [-0.25, -0.2) is 8.42 Å². The van der Waals surface area contributed by atoms with E-state index in [9.17, 15) is 18.0 Å². The van der Waals surface area contributed by atoms with Crippen molar-refractivity contribution in [2.24, 2.45) is 0 Å². The van der Waals surface area contributed by atoms with Gasteiger partial charge in [-0.15, -0.1) is 0 Å². The highest BCUT2D eigenvalue weighted by atomic mass is 32.2. The van der Waals surface area contributed by atoms with E-state index in [4.69, 9.17) is 4.74 Å². The lowest BCUT2D eigenvalue weighted by atomic mass is 10.1. The van der Waals surface area contributed by atoms with Crippen molar-refractivity contribution in [3.8, 4) is 5.75 Å². The van der Waals surface area contributed by atoms with Crippen molar-refractivity contribution in [1.82, 2.24) is 15.2 Å². The monoisotopic (exact) mass is 433 g/mol. The molecule has 2 aromatic rings. The molecule has 8 nitrogen and oxygen atoms in total. The van der Waals surface area contributed by atoms with Crippen molar-refractivity contribution in [2.75, 3.05) is 20.2 Å². The van der Waals surface area contributed by atoms with Crippen LogP contribution in [0.5, 0.6) is 5.75 Å². The number of carbonyl (C=O) groups excluding carboxylic acids is 2. The Morgan fingerprint density at radius 1 is 0.933 bits per heavy atom. The van der Waals surface area contributed by atoms with Crippen LogP contribution in [0.4, 0.5) is 0 Å². The van der Waals surface area contributed by atoms with Crippen LogP contribution in [-0.2, 0) is 16.4 Å². The molecule has 0 bridgehead atoms. The van der Waals surface area contributed by atoms with Crippen LogP contribution in [0.15, 0.2) is 47.4 Å². The maximum atomic E-state index is 12.8. The molecular formula is C21H27N3O5S. The summed E-state index contributed by atoms with van der Waals surface area (Å²) in [5, 5.41) is 0. The Morgan fingerprint density at radius 3 is 2.07 bits per heavy atom. The van der Waals surface area contributed by atoms with Crippen LogP contribution in [-0.4, -0.2) is 44.7 Å². The van der Waals surface area contributed by atoms with Crippen LogP contribution in [0.25, 0.3) is 0 Å². The number of hydrazine groups is 1. The Kier molecular flexibility index (Phi) is 7.96. The minimum atomic E-state index is -3.75. The minimum Gasteiger partial charge on any atom is -0.496 e. The van der Waals surface area contributed by atoms with Gasteiger partial charge in [0.05, 0.1) is 17.6 Å². The molecule has 0 atom stereocenters. The molecule has 162 valence electrons. The first-order chi connectivity index (χ1) is 14.3. The lowest BCUT2D eigenvalue weighted by Gasteiger charge is -2.19. The number of carbonyl (C=O) groups is 2. The van der Waals surface area contributed by atoms with E-state index in [-0.39, 0.29) is 16.2 Å². The van der Waals surface area contributed by atoms with Crippen LogP contribution in [0.3, 0.4) is 0 Å². The molecule has 0 radical (unpaired) electrons. The zero-order valence-electron chi connectivity index (χ0n) is 17.6. The van der Waals surface area contributed by atoms with Crippen molar-refractivity contribution in [1.29, 1.82) is 0 Å². The molecule has 0 aliphatic carbocycles. The molecular weight excluding hydrogens is 406 g/mol. The molecule has 0 aliphatic heterocycles. The molecule has 0 aliphatic rings. The highest BCUT2D eigenvalue weighted by Crippen LogP contribution is 2.24.